The van der Waals surface area contributed by atoms with Gasteiger partial charge in [0, 0.05) is 18.5 Å². The summed E-state index contributed by atoms with van der Waals surface area (Å²) in [6, 6.07) is 6.22. The van der Waals surface area contributed by atoms with E-state index < -0.39 is 0 Å². The number of hydrogen-bond donors (Lipinski definition) is 2. The molecule has 6 heteroatoms. The Morgan fingerprint density at radius 1 is 1.15 bits per heavy atom. The molecule has 0 unspecified atom stereocenters. The van der Waals surface area contributed by atoms with Gasteiger partial charge in [0.15, 0.2) is 11.5 Å². The van der Waals surface area contributed by atoms with E-state index in [1.807, 2.05) is 6.07 Å². The van der Waals surface area contributed by atoms with Gasteiger partial charge in [-0.05, 0) is 43.4 Å². The molecule has 0 aromatic heterocycles. The van der Waals surface area contributed by atoms with Crippen LogP contribution < -0.4 is 20.5 Å². The first-order chi connectivity index (χ1) is 12.7. The zero-order valence-corrected chi connectivity index (χ0v) is 15.2. The van der Waals surface area contributed by atoms with Crippen LogP contribution in [0.3, 0.4) is 0 Å². The van der Waals surface area contributed by atoms with Crippen molar-refractivity contribution in [1.82, 2.24) is 5.32 Å². The summed E-state index contributed by atoms with van der Waals surface area (Å²) >= 11 is 0. The third-order valence-electron chi connectivity index (χ3n) is 5.98. The van der Waals surface area contributed by atoms with Crippen molar-refractivity contribution in [2.45, 2.75) is 56.1 Å². The van der Waals surface area contributed by atoms with Gasteiger partial charge in [-0.3, -0.25) is 4.79 Å². The van der Waals surface area contributed by atoms with Gasteiger partial charge in [0.1, 0.15) is 19.3 Å². The number of hydrogen-bond acceptors (Lipinski definition) is 5. The molecule has 142 valence electrons. The molecule has 1 amide bonds. The lowest BCUT2D eigenvalue weighted by Gasteiger charge is -2.31. The second-order valence-electron chi connectivity index (χ2n) is 7.62. The van der Waals surface area contributed by atoms with Crippen LogP contribution in [0, 0.1) is 0 Å². The fourth-order valence-corrected chi connectivity index (χ4v) is 4.43. The van der Waals surface area contributed by atoms with Gasteiger partial charge < -0.3 is 25.3 Å². The van der Waals surface area contributed by atoms with Gasteiger partial charge >= 0.3 is 0 Å². The zero-order valence-electron chi connectivity index (χ0n) is 15.2. The number of ether oxygens (including phenoxy) is 3. The largest absolute Gasteiger partial charge is 0.486 e. The number of rotatable bonds is 5. The Morgan fingerprint density at radius 2 is 1.92 bits per heavy atom. The van der Waals surface area contributed by atoms with Crippen LogP contribution in [0.15, 0.2) is 18.2 Å². The molecule has 1 aromatic rings. The Kier molecular flexibility index (Phi) is 5.05. The molecule has 1 aromatic carbocycles. The van der Waals surface area contributed by atoms with Crippen molar-refractivity contribution in [1.29, 1.82) is 0 Å². The second kappa shape index (κ2) is 7.45. The Labute approximate surface area is 154 Å². The third kappa shape index (κ3) is 3.40. The molecule has 2 heterocycles. The van der Waals surface area contributed by atoms with E-state index in [9.17, 15) is 4.79 Å². The molecule has 2 fully saturated rings. The van der Waals surface area contributed by atoms with E-state index in [2.05, 4.69) is 17.4 Å². The number of carbonyl (C=O) groups is 1. The summed E-state index contributed by atoms with van der Waals surface area (Å²) < 4.78 is 17.1. The Hall–Kier alpha value is -1.79. The van der Waals surface area contributed by atoms with E-state index in [0.717, 1.165) is 37.2 Å². The topological polar surface area (TPSA) is 82.8 Å². The van der Waals surface area contributed by atoms with Gasteiger partial charge in [0.05, 0.1) is 6.10 Å². The van der Waals surface area contributed by atoms with Crippen LogP contribution in [0.4, 0.5) is 0 Å². The van der Waals surface area contributed by atoms with Crippen molar-refractivity contribution in [3.05, 3.63) is 23.8 Å². The monoisotopic (exact) mass is 360 g/mol. The molecule has 3 N–H and O–H groups in total. The van der Waals surface area contributed by atoms with Crippen LogP contribution in [0.25, 0.3) is 0 Å². The molecule has 26 heavy (non-hydrogen) atoms. The van der Waals surface area contributed by atoms with E-state index in [1.165, 1.54) is 18.4 Å². The first-order valence-electron chi connectivity index (χ1n) is 9.74. The lowest BCUT2D eigenvalue weighted by molar-refractivity contribution is -0.132. The average molecular weight is 360 g/mol. The molecular weight excluding hydrogens is 332 g/mol. The highest BCUT2D eigenvalue weighted by Gasteiger charge is 2.38. The third-order valence-corrected chi connectivity index (χ3v) is 5.98. The van der Waals surface area contributed by atoms with Crippen molar-refractivity contribution in [3.8, 4) is 11.5 Å². The van der Waals surface area contributed by atoms with Crippen molar-refractivity contribution >= 4 is 5.91 Å². The lowest BCUT2D eigenvalue weighted by atomic mass is 9.78. The molecule has 1 saturated heterocycles. The van der Waals surface area contributed by atoms with E-state index in [-0.39, 0.29) is 23.5 Å². The van der Waals surface area contributed by atoms with Crippen LogP contribution in [-0.2, 0) is 14.9 Å². The second-order valence-corrected chi connectivity index (χ2v) is 7.62. The Morgan fingerprint density at radius 3 is 2.65 bits per heavy atom. The summed E-state index contributed by atoms with van der Waals surface area (Å²) in [5, 5.41) is 3.15. The van der Waals surface area contributed by atoms with Crippen molar-refractivity contribution in [2.75, 3.05) is 26.3 Å². The minimum absolute atomic E-state index is 0.00947. The number of fused-ring (bicyclic) bond motifs is 1. The molecule has 1 saturated carbocycles. The summed E-state index contributed by atoms with van der Waals surface area (Å²) in [6.07, 6.45) is 5.78. The number of benzene rings is 1. The molecule has 1 aliphatic carbocycles. The maximum Gasteiger partial charge on any atom is 0.249 e. The smallest absolute Gasteiger partial charge is 0.249 e. The summed E-state index contributed by atoms with van der Waals surface area (Å²) in [5.74, 6) is 1.62. The van der Waals surface area contributed by atoms with Crippen LogP contribution in [-0.4, -0.2) is 44.4 Å². The van der Waals surface area contributed by atoms with Crippen molar-refractivity contribution in [3.63, 3.8) is 0 Å². The molecular formula is C20H28N2O4. The first-order valence-corrected chi connectivity index (χ1v) is 9.74. The summed E-state index contributed by atoms with van der Waals surface area (Å²) in [7, 11) is 0. The Bertz CT molecular complexity index is 657. The molecule has 4 rings (SSSR count). The number of nitrogens with two attached hydrogens (primary N) is 1. The Balaban J connectivity index is 1.46. The van der Waals surface area contributed by atoms with Crippen LogP contribution in [0.1, 0.15) is 44.1 Å². The van der Waals surface area contributed by atoms with Gasteiger partial charge in [0.2, 0.25) is 5.91 Å². The van der Waals surface area contributed by atoms with Crippen molar-refractivity contribution < 1.29 is 19.0 Å². The molecule has 0 spiro atoms. The summed E-state index contributed by atoms with van der Waals surface area (Å²) in [5.41, 5.74) is 6.84. The minimum Gasteiger partial charge on any atom is -0.486 e. The van der Waals surface area contributed by atoms with E-state index in [4.69, 9.17) is 19.9 Å². The molecule has 2 aliphatic heterocycles. The summed E-state index contributed by atoms with van der Waals surface area (Å²) in [4.78, 5) is 12.5. The van der Waals surface area contributed by atoms with Gasteiger partial charge in [-0.1, -0.05) is 18.9 Å². The van der Waals surface area contributed by atoms with E-state index >= 15 is 0 Å². The van der Waals surface area contributed by atoms with E-state index in [0.29, 0.717) is 26.3 Å². The molecule has 0 radical (unpaired) electrons. The fourth-order valence-electron chi connectivity index (χ4n) is 4.43. The fraction of sp³-hybridized carbons (Fsp3) is 0.650. The van der Waals surface area contributed by atoms with Gasteiger partial charge in [-0.25, -0.2) is 0 Å². The van der Waals surface area contributed by atoms with Crippen molar-refractivity contribution in [2.24, 2.45) is 5.73 Å². The molecule has 3 aliphatic rings. The highest BCUT2D eigenvalue weighted by Crippen LogP contribution is 2.43. The zero-order chi connectivity index (χ0) is 18.0. The summed E-state index contributed by atoms with van der Waals surface area (Å²) in [6.45, 7) is 2.30. The highest BCUT2D eigenvalue weighted by molar-refractivity contribution is 5.81. The number of amides is 1. The standard InChI is InChI=1S/C20H28N2O4/c21-12-15-4-6-17(26-15)19(23)22-13-20(7-1-2-8-20)14-3-5-16-18(11-14)25-10-9-24-16/h3,5,11,15,17H,1-2,4,6-10,12-13,21H2,(H,22,23)/t15-,17+/m1/s1. The first kappa shape index (κ1) is 17.6. The van der Waals surface area contributed by atoms with E-state index in [1.54, 1.807) is 0 Å². The van der Waals surface area contributed by atoms with Crippen LogP contribution >= 0.6 is 0 Å². The number of nitrogens with one attached hydrogen (secondary N) is 1. The van der Waals surface area contributed by atoms with Crippen LogP contribution in [0.2, 0.25) is 0 Å². The number of carbonyl (C=O) groups excluding carboxylic acids is 1. The normalized spacial score (nSPS) is 26.7. The average Bonchev–Trinajstić information content (AvgIpc) is 3.36. The predicted octanol–water partition coefficient (Wildman–Crippen LogP) is 1.89. The maximum absolute atomic E-state index is 12.5. The molecule has 2 atom stereocenters. The lowest BCUT2D eigenvalue weighted by Crippen LogP contribution is -2.43. The highest BCUT2D eigenvalue weighted by atomic mass is 16.6. The molecule has 0 bridgehead atoms. The maximum atomic E-state index is 12.5. The minimum atomic E-state index is -0.359. The molecule has 6 nitrogen and oxygen atoms in total. The SMILES string of the molecule is NC[C@H]1CC[C@@H](C(=O)NCC2(c3ccc4c(c3)OCCO4)CCCC2)O1. The van der Waals surface area contributed by atoms with Gasteiger partial charge in [0.25, 0.3) is 0 Å². The van der Waals surface area contributed by atoms with Crippen LogP contribution in [0.5, 0.6) is 11.5 Å². The van der Waals surface area contributed by atoms with Gasteiger partial charge in [-0.15, -0.1) is 0 Å². The predicted molar refractivity (Wildman–Crippen MR) is 97.5 cm³/mol. The van der Waals surface area contributed by atoms with Gasteiger partial charge in [-0.2, -0.15) is 0 Å². The quantitative estimate of drug-likeness (QED) is 0.838.